The van der Waals surface area contributed by atoms with Crippen LogP contribution in [0.2, 0.25) is 0 Å². The zero-order chi connectivity index (χ0) is 23.1. The molecule has 1 saturated carbocycles. The summed E-state index contributed by atoms with van der Waals surface area (Å²) < 4.78 is 13.8. The number of halogens is 1. The number of amides is 4. The molecule has 170 valence electrons. The topological polar surface area (TPSA) is 85.5 Å². The van der Waals surface area contributed by atoms with Crippen LogP contribution in [-0.2, 0) is 16.1 Å². The first-order chi connectivity index (χ1) is 15.9. The van der Waals surface area contributed by atoms with Crippen molar-refractivity contribution in [1.82, 2.24) is 20.1 Å². The lowest BCUT2D eigenvalue weighted by Crippen LogP contribution is -2.46. The number of aromatic amines is 1. The fourth-order valence-corrected chi connectivity index (χ4v) is 4.53. The van der Waals surface area contributed by atoms with Crippen molar-refractivity contribution in [3.05, 3.63) is 71.7 Å². The predicted octanol–water partition coefficient (Wildman–Crippen LogP) is 3.73. The Morgan fingerprint density at radius 3 is 2.67 bits per heavy atom. The molecule has 1 aromatic heterocycles. The van der Waals surface area contributed by atoms with E-state index in [9.17, 15) is 18.8 Å². The van der Waals surface area contributed by atoms with E-state index in [0.717, 1.165) is 23.3 Å². The molecule has 0 radical (unpaired) electrons. The highest BCUT2D eigenvalue weighted by molar-refractivity contribution is 6.08. The van der Waals surface area contributed by atoms with E-state index >= 15 is 0 Å². The first-order valence-electron chi connectivity index (χ1n) is 11.1. The first-order valence-corrected chi connectivity index (χ1v) is 11.1. The van der Waals surface area contributed by atoms with Crippen molar-refractivity contribution in [2.45, 2.75) is 38.4 Å². The summed E-state index contributed by atoms with van der Waals surface area (Å²) in [6.45, 7) is 2.11. The highest BCUT2D eigenvalue weighted by atomic mass is 19.1. The van der Waals surface area contributed by atoms with Gasteiger partial charge < -0.3 is 15.2 Å². The van der Waals surface area contributed by atoms with E-state index < -0.39 is 23.8 Å². The van der Waals surface area contributed by atoms with E-state index in [1.54, 1.807) is 17.2 Å². The molecule has 2 aromatic carbocycles. The van der Waals surface area contributed by atoms with E-state index in [1.165, 1.54) is 12.1 Å². The Morgan fingerprint density at radius 2 is 1.94 bits per heavy atom. The number of hydrogen-bond donors (Lipinski definition) is 2. The average molecular weight is 448 g/mol. The molecule has 33 heavy (non-hydrogen) atoms. The number of carbonyl (C=O) groups is 3. The monoisotopic (exact) mass is 448 g/mol. The Hall–Kier alpha value is -3.68. The molecule has 0 bridgehead atoms. The maximum absolute atomic E-state index is 13.8. The summed E-state index contributed by atoms with van der Waals surface area (Å²) in [6, 6.07) is 12.3. The van der Waals surface area contributed by atoms with Crippen LogP contribution in [0.5, 0.6) is 0 Å². The van der Waals surface area contributed by atoms with Crippen LogP contribution < -0.4 is 5.32 Å². The zero-order valence-corrected chi connectivity index (χ0v) is 18.3. The standard InChI is InChI=1S/C25H25FN4O3/c1-15(17-7-8-17)29(13-16-5-3-2-4-6-16)22(31)14-30-24(32)23(28-25(30)33)20-12-27-21-10-9-18(26)11-19(20)21/h2-6,9-12,15,17,23,27H,7-8,13-14H2,1H3,(H,28,33). The molecule has 4 amide bonds. The lowest BCUT2D eigenvalue weighted by molar-refractivity contribution is -0.139. The first kappa shape index (κ1) is 21.2. The fourth-order valence-electron chi connectivity index (χ4n) is 4.53. The summed E-state index contributed by atoms with van der Waals surface area (Å²) in [6.07, 6.45) is 3.74. The van der Waals surface area contributed by atoms with Crippen LogP contribution in [0, 0.1) is 11.7 Å². The molecule has 0 spiro atoms. The third kappa shape index (κ3) is 4.08. The molecule has 7 nitrogen and oxygen atoms in total. The quantitative estimate of drug-likeness (QED) is 0.540. The van der Waals surface area contributed by atoms with E-state index in [-0.39, 0.29) is 18.5 Å². The molecule has 2 fully saturated rings. The second-order valence-corrected chi connectivity index (χ2v) is 8.83. The minimum absolute atomic E-state index is 0.0193. The highest BCUT2D eigenvalue weighted by Gasteiger charge is 2.42. The number of nitrogens with zero attached hydrogens (tertiary/aromatic N) is 2. The van der Waals surface area contributed by atoms with Gasteiger partial charge in [0.25, 0.3) is 5.91 Å². The lowest BCUT2D eigenvalue weighted by Gasteiger charge is -2.30. The fraction of sp³-hybridized carbons (Fsp3) is 0.320. The number of urea groups is 1. The van der Waals surface area contributed by atoms with E-state index in [1.807, 2.05) is 37.3 Å². The molecule has 2 unspecified atom stereocenters. The lowest BCUT2D eigenvalue weighted by atomic mass is 10.1. The second-order valence-electron chi connectivity index (χ2n) is 8.83. The molecule has 1 aliphatic heterocycles. The molecule has 5 rings (SSSR count). The highest BCUT2D eigenvalue weighted by Crippen LogP contribution is 2.36. The largest absolute Gasteiger partial charge is 0.361 e. The van der Waals surface area contributed by atoms with Crippen molar-refractivity contribution in [3.63, 3.8) is 0 Å². The van der Waals surface area contributed by atoms with Crippen LogP contribution in [0.4, 0.5) is 9.18 Å². The maximum atomic E-state index is 13.8. The average Bonchev–Trinajstić information content (AvgIpc) is 3.53. The van der Waals surface area contributed by atoms with E-state index in [0.29, 0.717) is 28.9 Å². The van der Waals surface area contributed by atoms with Gasteiger partial charge in [-0.1, -0.05) is 30.3 Å². The summed E-state index contributed by atoms with van der Waals surface area (Å²) in [5, 5.41) is 3.17. The smallest absolute Gasteiger partial charge is 0.325 e. The van der Waals surface area contributed by atoms with Gasteiger partial charge in [0.15, 0.2) is 0 Å². The molecule has 2 aliphatic rings. The Kier molecular flexibility index (Phi) is 5.36. The normalized spacial score (nSPS) is 19.1. The molecule has 1 saturated heterocycles. The van der Waals surface area contributed by atoms with Crippen molar-refractivity contribution in [3.8, 4) is 0 Å². The Balaban J connectivity index is 1.36. The van der Waals surface area contributed by atoms with Crippen LogP contribution in [-0.4, -0.2) is 45.2 Å². The third-order valence-electron chi connectivity index (χ3n) is 6.62. The van der Waals surface area contributed by atoms with Gasteiger partial charge in [-0.25, -0.2) is 9.18 Å². The number of aromatic nitrogens is 1. The van der Waals surface area contributed by atoms with Gasteiger partial charge in [-0.15, -0.1) is 0 Å². The van der Waals surface area contributed by atoms with Crippen molar-refractivity contribution in [1.29, 1.82) is 0 Å². The molecule has 2 N–H and O–H groups in total. The van der Waals surface area contributed by atoms with Gasteiger partial charge >= 0.3 is 6.03 Å². The number of hydrogen-bond acceptors (Lipinski definition) is 3. The van der Waals surface area contributed by atoms with Crippen LogP contribution >= 0.6 is 0 Å². The molecule has 8 heteroatoms. The minimum atomic E-state index is -0.968. The number of benzene rings is 2. The van der Waals surface area contributed by atoms with Gasteiger partial charge in [0.05, 0.1) is 0 Å². The molecule has 1 aliphatic carbocycles. The summed E-state index contributed by atoms with van der Waals surface area (Å²) in [5.41, 5.74) is 2.13. The van der Waals surface area contributed by atoms with E-state index in [2.05, 4.69) is 10.3 Å². The van der Waals surface area contributed by atoms with Crippen LogP contribution in [0.15, 0.2) is 54.7 Å². The number of imide groups is 1. The Morgan fingerprint density at radius 1 is 1.18 bits per heavy atom. The van der Waals surface area contributed by atoms with Gasteiger partial charge in [0.1, 0.15) is 18.4 Å². The molecule has 2 atom stereocenters. The Bertz CT molecular complexity index is 1220. The zero-order valence-electron chi connectivity index (χ0n) is 18.3. The van der Waals surface area contributed by atoms with Crippen LogP contribution in [0.25, 0.3) is 10.9 Å². The predicted molar refractivity (Wildman–Crippen MR) is 120 cm³/mol. The van der Waals surface area contributed by atoms with E-state index in [4.69, 9.17) is 0 Å². The third-order valence-corrected chi connectivity index (χ3v) is 6.62. The summed E-state index contributed by atoms with van der Waals surface area (Å²) in [7, 11) is 0. The number of H-pyrrole nitrogens is 1. The Labute approximate surface area is 190 Å². The molecule has 3 aromatic rings. The summed E-state index contributed by atoms with van der Waals surface area (Å²) in [5.74, 6) is -0.781. The molecular formula is C25H25FN4O3. The number of carbonyl (C=O) groups excluding carboxylic acids is 3. The van der Waals surface area contributed by atoms with Gasteiger partial charge in [0.2, 0.25) is 5.91 Å². The number of rotatable bonds is 7. The van der Waals surface area contributed by atoms with Crippen LogP contribution in [0.1, 0.15) is 36.9 Å². The van der Waals surface area contributed by atoms with Crippen LogP contribution in [0.3, 0.4) is 0 Å². The number of fused-ring (bicyclic) bond motifs is 1. The minimum Gasteiger partial charge on any atom is -0.361 e. The maximum Gasteiger partial charge on any atom is 0.325 e. The van der Waals surface area contributed by atoms with Crippen molar-refractivity contribution in [2.24, 2.45) is 5.92 Å². The second kappa shape index (κ2) is 8.35. The van der Waals surface area contributed by atoms with Gasteiger partial charge in [-0.05, 0) is 49.4 Å². The van der Waals surface area contributed by atoms with Crippen molar-refractivity contribution in [2.75, 3.05) is 6.54 Å². The van der Waals surface area contributed by atoms with Gasteiger partial charge in [0, 0.05) is 35.2 Å². The van der Waals surface area contributed by atoms with Gasteiger partial charge in [-0.3, -0.25) is 14.5 Å². The van der Waals surface area contributed by atoms with Crippen molar-refractivity contribution < 1.29 is 18.8 Å². The SMILES string of the molecule is CC(C1CC1)N(Cc1ccccc1)C(=O)CN1C(=O)NC(c2c[nH]c3ccc(F)cc23)C1=O. The summed E-state index contributed by atoms with van der Waals surface area (Å²) >= 11 is 0. The molecular weight excluding hydrogens is 423 g/mol. The van der Waals surface area contributed by atoms with Gasteiger partial charge in [-0.2, -0.15) is 0 Å². The molecule has 2 heterocycles. The van der Waals surface area contributed by atoms with Crippen molar-refractivity contribution >= 4 is 28.7 Å². The summed E-state index contributed by atoms with van der Waals surface area (Å²) in [4.78, 5) is 44.8. The number of nitrogens with one attached hydrogen (secondary N) is 2.